The van der Waals surface area contributed by atoms with Gasteiger partial charge in [0.2, 0.25) is 0 Å². The first-order valence-corrected chi connectivity index (χ1v) is 7.28. The van der Waals surface area contributed by atoms with Gasteiger partial charge in [0.25, 0.3) is 0 Å². The molecular weight excluding hydrogens is 345 g/mol. The van der Waals surface area contributed by atoms with Gasteiger partial charge in [-0.3, -0.25) is 0 Å². The summed E-state index contributed by atoms with van der Waals surface area (Å²) in [6.45, 7) is 4.00. The Balaban J connectivity index is 0.000000704. The number of nitrogens with zero attached hydrogens (tertiary/aromatic N) is 3. The summed E-state index contributed by atoms with van der Waals surface area (Å²) in [4.78, 5) is 4.36. The lowest BCUT2D eigenvalue weighted by atomic mass is 10.1. The van der Waals surface area contributed by atoms with Gasteiger partial charge in [-0.15, -0.1) is 0 Å². The molecular formula is C14H12BrClFN3. The number of fused-ring (bicyclic) bond motifs is 1. The summed E-state index contributed by atoms with van der Waals surface area (Å²) in [6.07, 6.45) is 1.60. The summed E-state index contributed by atoms with van der Waals surface area (Å²) < 4.78 is 15.9. The number of hydrogen-bond acceptors (Lipinski definition) is 2. The van der Waals surface area contributed by atoms with Crippen molar-refractivity contribution in [2.45, 2.75) is 13.8 Å². The molecule has 3 aromatic rings. The van der Waals surface area contributed by atoms with E-state index in [0.29, 0.717) is 26.5 Å². The molecule has 1 aromatic carbocycles. The second-order valence-electron chi connectivity index (χ2n) is 3.67. The molecule has 2 heterocycles. The number of rotatable bonds is 1. The SMILES string of the molecule is CC.Fc1ccccc1-c1cc(Cl)n2ncc(Br)c2n1. The first kappa shape index (κ1) is 14.9. The van der Waals surface area contributed by atoms with Crippen LogP contribution >= 0.6 is 27.5 Å². The molecule has 104 valence electrons. The van der Waals surface area contributed by atoms with Gasteiger partial charge in [0.05, 0.1) is 16.4 Å². The molecule has 0 saturated heterocycles. The maximum atomic E-state index is 13.7. The van der Waals surface area contributed by atoms with Crippen LogP contribution in [0, 0.1) is 5.82 Å². The van der Waals surface area contributed by atoms with Crippen LogP contribution in [0.2, 0.25) is 5.15 Å². The lowest BCUT2D eigenvalue weighted by Gasteiger charge is -2.04. The van der Waals surface area contributed by atoms with Gasteiger partial charge in [-0.25, -0.2) is 13.9 Å². The van der Waals surface area contributed by atoms with Gasteiger partial charge < -0.3 is 0 Å². The zero-order chi connectivity index (χ0) is 14.7. The van der Waals surface area contributed by atoms with Crippen LogP contribution in [0.15, 0.2) is 41.0 Å². The highest BCUT2D eigenvalue weighted by atomic mass is 79.9. The van der Waals surface area contributed by atoms with E-state index in [1.54, 1.807) is 30.5 Å². The van der Waals surface area contributed by atoms with Gasteiger partial charge in [0.15, 0.2) is 5.65 Å². The van der Waals surface area contributed by atoms with Crippen LogP contribution in [0.5, 0.6) is 0 Å². The first-order chi connectivity index (χ1) is 9.66. The number of benzene rings is 1. The Kier molecular flexibility index (Phi) is 4.73. The molecule has 6 heteroatoms. The highest BCUT2D eigenvalue weighted by molar-refractivity contribution is 9.10. The van der Waals surface area contributed by atoms with Crippen molar-refractivity contribution < 1.29 is 4.39 Å². The van der Waals surface area contributed by atoms with Gasteiger partial charge in [0.1, 0.15) is 11.0 Å². The van der Waals surface area contributed by atoms with Gasteiger partial charge in [-0.2, -0.15) is 5.10 Å². The third kappa shape index (κ3) is 2.69. The summed E-state index contributed by atoms with van der Waals surface area (Å²) in [5.74, 6) is -0.332. The van der Waals surface area contributed by atoms with Crippen LogP contribution in [0.4, 0.5) is 4.39 Å². The average molecular weight is 357 g/mol. The number of aromatic nitrogens is 3. The molecule has 0 radical (unpaired) electrons. The Morgan fingerprint density at radius 2 is 1.95 bits per heavy atom. The van der Waals surface area contributed by atoms with Crippen molar-refractivity contribution in [3.63, 3.8) is 0 Å². The van der Waals surface area contributed by atoms with E-state index in [-0.39, 0.29) is 5.82 Å². The summed E-state index contributed by atoms with van der Waals surface area (Å²) in [5.41, 5.74) is 1.45. The Labute approximate surface area is 129 Å². The summed E-state index contributed by atoms with van der Waals surface area (Å²) >= 11 is 9.42. The fourth-order valence-corrected chi connectivity index (χ4v) is 2.28. The highest BCUT2D eigenvalue weighted by Crippen LogP contribution is 2.26. The fraction of sp³-hybridized carbons (Fsp3) is 0.143. The zero-order valence-corrected chi connectivity index (χ0v) is 13.3. The number of halogens is 3. The molecule has 0 fully saturated rings. The topological polar surface area (TPSA) is 30.2 Å². The molecule has 0 atom stereocenters. The Morgan fingerprint density at radius 1 is 1.25 bits per heavy atom. The monoisotopic (exact) mass is 355 g/mol. The molecule has 0 aliphatic heterocycles. The first-order valence-electron chi connectivity index (χ1n) is 6.11. The predicted molar refractivity (Wildman–Crippen MR) is 82.4 cm³/mol. The summed E-state index contributed by atoms with van der Waals surface area (Å²) in [5, 5.41) is 4.44. The van der Waals surface area contributed by atoms with Crippen molar-refractivity contribution in [1.29, 1.82) is 0 Å². The van der Waals surface area contributed by atoms with E-state index in [0.717, 1.165) is 0 Å². The molecule has 0 amide bonds. The van der Waals surface area contributed by atoms with Gasteiger partial charge in [-0.1, -0.05) is 37.6 Å². The highest BCUT2D eigenvalue weighted by Gasteiger charge is 2.12. The van der Waals surface area contributed by atoms with E-state index >= 15 is 0 Å². The molecule has 3 nitrogen and oxygen atoms in total. The van der Waals surface area contributed by atoms with Crippen molar-refractivity contribution in [3.05, 3.63) is 52.0 Å². The van der Waals surface area contributed by atoms with E-state index in [9.17, 15) is 4.39 Å². The minimum Gasteiger partial charge on any atom is -0.227 e. The molecule has 0 N–H and O–H groups in total. The van der Waals surface area contributed by atoms with Crippen molar-refractivity contribution in [3.8, 4) is 11.3 Å². The van der Waals surface area contributed by atoms with Crippen LogP contribution in [0.3, 0.4) is 0 Å². The summed E-state index contributed by atoms with van der Waals surface area (Å²) in [6, 6.07) is 8.03. The minimum absolute atomic E-state index is 0.332. The molecule has 2 aromatic heterocycles. The smallest absolute Gasteiger partial charge is 0.171 e. The summed E-state index contributed by atoms with van der Waals surface area (Å²) in [7, 11) is 0. The van der Waals surface area contributed by atoms with E-state index < -0.39 is 0 Å². The van der Waals surface area contributed by atoms with Crippen LogP contribution in [-0.4, -0.2) is 14.6 Å². The van der Waals surface area contributed by atoms with Crippen molar-refractivity contribution in [1.82, 2.24) is 14.6 Å². The van der Waals surface area contributed by atoms with E-state index in [1.165, 1.54) is 10.6 Å². The van der Waals surface area contributed by atoms with Crippen LogP contribution < -0.4 is 0 Å². The van der Waals surface area contributed by atoms with Gasteiger partial charge in [-0.05, 0) is 28.1 Å². The second-order valence-corrected chi connectivity index (χ2v) is 4.91. The largest absolute Gasteiger partial charge is 0.227 e. The molecule has 0 aliphatic rings. The predicted octanol–water partition coefficient (Wildman–Crippen LogP) is 4.98. The maximum Gasteiger partial charge on any atom is 0.171 e. The standard InChI is InChI=1S/C12H6BrClFN3.C2H6/c13-8-6-16-18-11(14)5-10(17-12(8)18)7-3-1-2-4-9(7)15;1-2/h1-6H;1-2H3. The third-order valence-electron chi connectivity index (χ3n) is 2.54. The third-order valence-corrected chi connectivity index (χ3v) is 3.36. The van der Waals surface area contributed by atoms with E-state index in [2.05, 4.69) is 26.0 Å². The van der Waals surface area contributed by atoms with Crippen molar-refractivity contribution in [2.24, 2.45) is 0 Å². The lowest BCUT2D eigenvalue weighted by Crippen LogP contribution is -1.95. The second kappa shape index (κ2) is 6.33. The molecule has 0 saturated carbocycles. The normalized spacial score (nSPS) is 10.2. The quantitative estimate of drug-likeness (QED) is 0.576. The zero-order valence-electron chi connectivity index (χ0n) is 10.9. The number of hydrogen-bond donors (Lipinski definition) is 0. The van der Waals surface area contributed by atoms with E-state index in [1.807, 2.05) is 13.8 Å². The molecule has 20 heavy (non-hydrogen) atoms. The van der Waals surface area contributed by atoms with Crippen molar-refractivity contribution in [2.75, 3.05) is 0 Å². The van der Waals surface area contributed by atoms with Crippen molar-refractivity contribution >= 4 is 33.2 Å². The average Bonchev–Trinajstić information content (AvgIpc) is 2.84. The molecule has 0 aliphatic carbocycles. The molecule has 3 rings (SSSR count). The van der Waals surface area contributed by atoms with E-state index in [4.69, 9.17) is 11.6 Å². The van der Waals surface area contributed by atoms with Crippen LogP contribution in [-0.2, 0) is 0 Å². The Hall–Kier alpha value is -1.46. The van der Waals surface area contributed by atoms with Crippen LogP contribution in [0.25, 0.3) is 16.9 Å². The fourth-order valence-electron chi connectivity index (χ4n) is 1.71. The Bertz CT molecular complexity index is 742. The van der Waals surface area contributed by atoms with Gasteiger partial charge in [0, 0.05) is 11.6 Å². The molecule has 0 bridgehead atoms. The lowest BCUT2D eigenvalue weighted by molar-refractivity contribution is 0.630. The van der Waals surface area contributed by atoms with Crippen LogP contribution in [0.1, 0.15) is 13.8 Å². The molecule has 0 unspecified atom stereocenters. The minimum atomic E-state index is -0.332. The van der Waals surface area contributed by atoms with Gasteiger partial charge >= 0.3 is 0 Å². The molecule has 0 spiro atoms. The Morgan fingerprint density at radius 3 is 2.65 bits per heavy atom. The maximum absolute atomic E-state index is 13.7.